The number of likely N-dealkylation sites (tertiary alicyclic amines) is 1. The van der Waals surface area contributed by atoms with Gasteiger partial charge in [0.25, 0.3) is 0 Å². The number of piperazine rings is 1. The highest BCUT2D eigenvalue weighted by Crippen LogP contribution is 2.20. The van der Waals surface area contributed by atoms with Crippen LogP contribution < -0.4 is 10.0 Å². The van der Waals surface area contributed by atoms with E-state index in [9.17, 15) is 13.2 Å². The number of carbonyl (C=O) groups is 1. The van der Waals surface area contributed by atoms with Crippen molar-refractivity contribution in [3.05, 3.63) is 24.3 Å². The van der Waals surface area contributed by atoms with Crippen LogP contribution in [0.1, 0.15) is 19.8 Å². The lowest BCUT2D eigenvalue weighted by Crippen LogP contribution is -2.51. The molecule has 7 nitrogen and oxygen atoms in total. The normalized spacial score (nSPS) is 22.5. The summed E-state index contributed by atoms with van der Waals surface area (Å²) in [6.07, 6.45) is 2.32. The molecule has 0 saturated carbocycles. The largest absolute Gasteiger partial charge is 0.369 e. The van der Waals surface area contributed by atoms with Gasteiger partial charge in [0, 0.05) is 45.0 Å². The molecule has 1 atom stereocenters. The van der Waals surface area contributed by atoms with Gasteiger partial charge in [0.1, 0.15) is 0 Å². The highest BCUT2D eigenvalue weighted by Gasteiger charge is 2.24. The molecule has 0 radical (unpaired) electrons. The van der Waals surface area contributed by atoms with Crippen molar-refractivity contribution >= 4 is 21.6 Å². The van der Waals surface area contributed by atoms with Crippen molar-refractivity contribution in [2.75, 3.05) is 50.7 Å². The van der Waals surface area contributed by atoms with Crippen molar-refractivity contribution in [2.45, 2.75) is 24.7 Å². The summed E-state index contributed by atoms with van der Waals surface area (Å²) in [5, 5.41) is 5.14. The minimum atomic E-state index is -3.66. The van der Waals surface area contributed by atoms with Gasteiger partial charge < -0.3 is 9.80 Å². The highest BCUT2D eigenvalue weighted by molar-refractivity contribution is 7.89. The van der Waals surface area contributed by atoms with Gasteiger partial charge in [-0.3, -0.25) is 9.69 Å². The summed E-state index contributed by atoms with van der Waals surface area (Å²) < 4.78 is 22.7. The number of nitrogens with two attached hydrogens (primary N) is 1. The predicted molar refractivity (Wildman–Crippen MR) is 101 cm³/mol. The third-order valence-electron chi connectivity index (χ3n) is 5.27. The molecule has 2 aliphatic rings. The number of rotatable bonds is 4. The first-order valence-electron chi connectivity index (χ1n) is 9.21. The molecule has 2 fully saturated rings. The van der Waals surface area contributed by atoms with Gasteiger partial charge in [-0.25, -0.2) is 13.6 Å². The van der Waals surface area contributed by atoms with E-state index in [1.807, 2.05) is 4.90 Å². The molecular weight excluding hydrogens is 352 g/mol. The van der Waals surface area contributed by atoms with Crippen LogP contribution in [0.3, 0.4) is 0 Å². The molecule has 3 rings (SSSR count). The Morgan fingerprint density at radius 3 is 2.35 bits per heavy atom. The SMILES string of the molecule is CC1CCCN(C(=O)CN2CCN(c3ccc(S(N)(=O)=O)cc3)CC2)C1. The van der Waals surface area contributed by atoms with Crippen LogP contribution in [0.25, 0.3) is 0 Å². The smallest absolute Gasteiger partial charge is 0.238 e. The number of piperidine rings is 1. The van der Waals surface area contributed by atoms with Crippen molar-refractivity contribution in [3.63, 3.8) is 0 Å². The lowest BCUT2D eigenvalue weighted by molar-refractivity contribution is -0.134. The van der Waals surface area contributed by atoms with E-state index in [1.54, 1.807) is 12.1 Å². The fraction of sp³-hybridized carbons (Fsp3) is 0.611. The number of sulfonamides is 1. The quantitative estimate of drug-likeness (QED) is 0.831. The van der Waals surface area contributed by atoms with E-state index >= 15 is 0 Å². The second kappa shape index (κ2) is 7.94. The maximum Gasteiger partial charge on any atom is 0.238 e. The Kier molecular flexibility index (Phi) is 5.84. The number of benzene rings is 1. The zero-order chi connectivity index (χ0) is 18.7. The Bertz CT molecular complexity index is 727. The molecule has 2 N–H and O–H groups in total. The molecule has 26 heavy (non-hydrogen) atoms. The van der Waals surface area contributed by atoms with Gasteiger partial charge in [-0.2, -0.15) is 0 Å². The molecule has 1 aromatic rings. The Hall–Kier alpha value is -1.64. The minimum absolute atomic E-state index is 0.126. The molecule has 2 heterocycles. The van der Waals surface area contributed by atoms with Crippen LogP contribution in [-0.4, -0.2) is 69.9 Å². The summed E-state index contributed by atoms with van der Waals surface area (Å²) in [7, 11) is -3.66. The molecule has 2 saturated heterocycles. The number of carbonyl (C=O) groups excluding carboxylic acids is 1. The average molecular weight is 381 g/mol. The van der Waals surface area contributed by atoms with Gasteiger partial charge in [0.2, 0.25) is 15.9 Å². The molecule has 1 amide bonds. The maximum absolute atomic E-state index is 12.5. The fourth-order valence-corrected chi connectivity index (χ4v) is 4.23. The highest BCUT2D eigenvalue weighted by atomic mass is 32.2. The van der Waals surface area contributed by atoms with Gasteiger partial charge in [-0.1, -0.05) is 6.92 Å². The number of amides is 1. The Balaban J connectivity index is 1.50. The first kappa shape index (κ1) is 19.1. The third-order valence-corrected chi connectivity index (χ3v) is 6.20. The molecule has 2 aliphatic heterocycles. The number of nitrogens with zero attached hydrogens (tertiary/aromatic N) is 3. The van der Waals surface area contributed by atoms with E-state index in [4.69, 9.17) is 5.14 Å². The molecule has 0 aliphatic carbocycles. The third kappa shape index (κ3) is 4.75. The number of anilines is 1. The van der Waals surface area contributed by atoms with Crippen LogP contribution in [0, 0.1) is 5.92 Å². The summed E-state index contributed by atoms with van der Waals surface area (Å²) in [5.41, 5.74) is 0.980. The van der Waals surface area contributed by atoms with Crippen LogP contribution in [0.4, 0.5) is 5.69 Å². The zero-order valence-corrected chi connectivity index (χ0v) is 16.1. The molecule has 1 aromatic carbocycles. The molecule has 0 bridgehead atoms. The molecular formula is C18H28N4O3S. The van der Waals surface area contributed by atoms with E-state index in [-0.39, 0.29) is 10.8 Å². The van der Waals surface area contributed by atoms with Crippen molar-refractivity contribution < 1.29 is 13.2 Å². The standard InChI is InChI=1S/C18H28N4O3S/c1-15-3-2-8-22(13-15)18(23)14-20-9-11-21(12-10-20)16-4-6-17(7-5-16)26(19,24)25/h4-7,15H,2-3,8-14H2,1H3,(H2,19,24,25). The first-order valence-corrected chi connectivity index (χ1v) is 10.8. The van der Waals surface area contributed by atoms with Crippen molar-refractivity contribution in [1.29, 1.82) is 0 Å². The summed E-state index contributed by atoms with van der Waals surface area (Å²) in [4.78, 5) is 19.0. The molecule has 144 valence electrons. The van der Waals surface area contributed by atoms with Gasteiger partial charge in [-0.15, -0.1) is 0 Å². The second-order valence-electron chi connectivity index (χ2n) is 7.39. The number of hydrogen-bond acceptors (Lipinski definition) is 5. The van der Waals surface area contributed by atoms with Crippen LogP contribution in [0.15, 0.2) is 29.2 Å². The number of hydrogen-bond donors (Lipinski definition) is 1. The summed E-state index contributed by atoms with van der Waals surface area (Å²) >= 11 is 0. The minimum Gasteiger partial charge on any atom is -0.369 e. The van der Waals surface area contributed by atoms with E-state index in [2.05, 4.69) is 16.7 Å². The molecule has 1 unspecified atom stereocenters. The molecule has 0 spiro atoms. The van der Waals surface area contributed by atoms with Crippen molar-refractivity contribution in [2.24, 2.45) is 11.1 Å². The second-order valence-corrected chi connectivity index (χ2v) is 8.95. The summed E-state index contributed by atoms with van der Waals surface area (Å²) in [5.74, 6) is 0.840. The Labute approximate surface area is 155 Å². The Morgan fingerprint density at radius 2 is 1.77 bits per heavy atom. The summed E-state index contributed by atoms with van der Waals surface area (Å²) in [6, 6.07) is 6.65. The molecule has 8 heteroatoms. The number of primary sulfonamides is 1. The lowest BCUT2D eigenvalue weighted by atomic mass is 10.0. The Morgan fingerprint density at radius 1 is 1.12 bits per heavy atom. The monoisotopic (exact) mass is 380 g/mol. The van der Waals surface area contributed by atoms with Gasteiger partial charge >= 0.3 is 0 Å². The van der Waals surface area contributed by atoms with Gasteiger partial charge in [0.15, 0.2) is 0 Å². The van der Waals surface area contributed by atoms with Gasteiger partial charge in [0.05, 0.1) is 11.4 Å². The zero-order valence-electron chi connectivity index (χ0n) is 15.3. The van der Waals surface area contributed by atoms with E-state index in [0.29, 0.717) is 12.5 Å². The average Bonchev–Trinajstić information content (AvgIpc) is 2.62. The van der Waals surface area contributed by atoms with E-state index < -0.39 is 10.0 Å². The lowest BCUT2D eigenvalue weighted by Gasteiger charge is -2.37. The predicted octanol–water partition coefficient (Wildman–Crippen LogP) is 0.715. The van der Waals surface area contributed by atoms with Crippen LogP contribution in [0.5, 0.6) is 0 Å². The summed E-state index contributed by atoms with van der Waals surface area (Å²) in [6.45, 7) is 7.76. The van der Waals surface area contributed by atoms with Crippen LogP contribution in [0.2, 0.25) is 0 Å². The van der Waals surface area contributed by atoms with Crippen LogP contribution in [-0.2, 0) is 14.8 Å². The van der Waals surface area contributed by atoms with E-state index in [0.717, 1.165) is 51.4 Å². The van der Waals surface area contributed by atoms with Crippen molar-refractivity contribution in [3.8, 4) is 0 Å². The fourth-order valence-electron chi connectivity index (χ4n) is 3.72. The molecule has 0 aromatic heterocycles. The van der Waals surface area contributed by atoms with E-state index in [1.165, 1.54) is 18.6 Å². The van der Waals surface area contributed by atoms with Gasteiger partial charge in [-0.05, 0) is 43.0 Å². The maximum atomic E-state index is 12.5. The first-order chi connectivity index (χ1) is 12.3. The van der Waals surface area contributed by atoms with Crippen molar-refractivity contribution in [1.82, 2.24) is 9.80 Å². The van der Waals surface area contributed by atoms with Crippen LogP contribution >= 0.6 is 0 Å². The topological polar surface area (TPSA) is 86.9 Å².